The zero-order valence-electron chi connectivity index (χ0n) is 57.3. The van der Waals surface area contributed by atoms with Crippen molar-refractivity contribution in [2.75, 3.05) is 39.6 Å². The number of esters is 3. The molecule has 0 aliphatic heterocycles. The fraction of sp³-hybridized carbons (Fsp3) is 0.767. The summed E-state index contributed by atoms with van der Waals surface area (Å²) in [5.74, 6) is -1.58. The molecule has 0 heterocycles. The number of carbonyl (C=O) groups excluding carboxylic acids is 3. The molecule has 0 fully saturated rings. The first kappa shape index (κ1) is 87.7. The van der Waals surface area contributed by atoms with E-state index in [4.69, 9.17) is 32.3 Å². The highest BCUT2D eigenvalue weighted by Crippen LogP contribution is 2.45. The van der Waals surface area contributed by atoms with Gasteiger partial charge >= 0.3 is 33.6 Å². The maximum Gasteiger partial charge on any atom is 0.472 e. The average molecular weight is 1330 g/mol. The maximum absolute atomic E-state index is 12.9. The maximum atomic E-state index is 12.9. The number of unbranched alkanes of at least 4 members (excludes halogenated alkanes) is 31. The molecule has 5 atom stereocenters. The van der Waals surface area contributed by atoms with Crippen molar-refractivity contribution in [3.8, 4) is 0 Å². The first-order valence-corrected chi connectivity index (χ1v) is 38.9. The number of aliphatic hydroxyl groups excluding tert-OH is 2. The summed E-state index contributed by atoms with van der Waals surface area (Å²) >= 11 is 0. The highest BCUT2D eigenvalue weighted by Gasteiger charge is 2.29. The van der Waals surface area contributed by atoms with Crippen LogP contribution in [0.15, 0.2) is 85.1 Å². The molecule has 0 aliphatic carbocycles. The number of aliphatic hydroxyl groups is 2. The lowest BCUT2D eigenvalue weighted by Crippen LogP contribution is -2.30. The van der Waals surface area contributed by atoms with Crippen molar-refractivity contribution >= 4 is 33.6 Å². The Kier molecular flexibility index (Phi) is 64.3. The zero-order chi connectivity index (χ0) is 66.7. The van der Waals surface area contributed by atoms with Crippen molar-refractivity contribution in [2.24, 2.45) is 0 Å². The van der Waals surface area contributed by atoms with Gasteiger partial charge in [0.25, 0.3) is 0 Å². The van der Waals surface area contributed by atoms with Gasteiger partial charge in [-0.1, -0.05) is 279 Å². The quantitative estimate of drug-likeness (QED) is 0.0146. The Balaban J connectivity index is 4.41. The second-order valence-electron chi connectivity index (χ2n) is 24.0. The summed E-state index contributed by atoms with van der Waals surface area (Å²) in [7, 11) is -9.77. The minimum atomic E-state index is -4.92. The predicted molar refractivity (Wildman–Crippen MR) is 371 cm³/mol. The molecular weight excluding hydrogens is 1190 g/mol. The van der Waals surface area contributed by atoms with Gasteiger partial charge in [0.05, 0.1) is 26.4 Å². The van der Waals surface area contributed by atoms with Crippen LogP contribution in [0.3, 0.4) is 0 Å². The van der Waals surface area contributed by atoms with Crippen molar-refractivity contribution in [3.63, 3.8) is 0 Å². The number of rotatable bonds is 68. The van der Waals surface area contributed by atoms with Gasteiger partial charge in [0.15, 0.2) is 6.10 Å². The van der Waals surface area contributed by atoms with Gasteiger partial charge in [0.1, 0.15) is 25.4 Å². The summed E-state index contributed by atoms with van der Waals surface area (Å²) < 4.78 is 60.9. The third-order valence-electron chi connectivity index (χ3n) is 15.1. The Labute approximate surface area is 553 Å². The van der Waals surface area contributed by atoms with Crippen LogP contribution >= 0.6 is 15.6 Å². The minimum absolute atomic E-state index is 0.106. The minimum Gasteiger partial charge on any atom is -0.463 e. The van der Waals surface area contributed by atoms with Gasteiger partial charge in [-0.05, 0) is 89.9 Å². The molecule has 0 aromatic carbocycles. The van der Waals surface area contributed by atoms with Crippen molar-refractivity contribution in [1.82, 2.24) is 0 Å². The summed E-state index contributed by atoms with van der Waals surface area (Å²) in [4.78, 5) is 58.3. The van der Waals surface area contributed by atoms with E-state index < -0.39 is 91.5 Å². The van der Waals surface area contributed by atoms with E-state index in [0.717, 1.165) is 135 Å². The van der Waals surface area contributed by atoms with E-state index in [2.05, 4.69) is 106 Å². The number of carbonyl (C=O) groups is 3. The molecule has 0 saturated carbocycles. The molecule has 0 rings (SSSR count). The number of hydrogen-bond acceptors (Lipinski definition) is 14. The molecule has 18 heteroatoms. The molecule has 528 valence electrons. The van der Waals surface area contributed by atoms with Crippen molar-refractivity contribution in [1.29, 1.82) is 0 Å². The van der Waals surface area contributed by atoms with Gasteiger partial charge in [-0.3, -0.25) is 32.5 Å². The Morgan fingerprint density at radius 3 is 0.967 bits per heavy atom. The largest absolute Gasteiger partial charge is 0.472 e. The first-order valence-electron chi connectivity index (χ1n) is 35.9. The van der Waals surface area contributed by atoms with Gasteiger partial charge in [0, 0.05) is 19.3 Å². The standard InChI is InChI=1S/C73H130O16P2/c1-4-7-10-13-16-19-22-25-26-27-28-29-30-31-32-33-34-35-36-37-38-39-40-43-45-47-50-53-56-59-71(76)83-62-68(74)63-85-90(79,80)86-64-69(75)65-87-91(81,82)88-67-70(89-73(78)61-58-55-52-49-46-42-24-21-18-15-12-9-6-3)66-84-72(77)60-57-54-51-48-44-41-23-20-17-14-11-8-5-2/h7,10-11,14,16,19-20,23,25-26,28-29,31-32,68-70,74-75H,4-6,8-9,12-13,15,17-18,21-22,24,27,30,33-67H2,1-3H3,(H,79,80)(H,81,82)/b10-7-,14-11-,19-16-,23-20-,26-25-,29-28-,32-31-. The molecule has 0 spiro atoms. The number of hydrogen-bond donors (Lipinski definition) is 4. The Bertz CT molecular complexity index is 2000. The van der Waals surface area contributed by atoms with Gasteiger partial charge < -0.3 is 34.2 Å². The molecule has 0 aliphatic rings. The molecule has 16 nitrogen and oxygen atoms in total. The lowest BCUT2D eigenvalue weighted by Gasteiger charge is -2.21. The fourth-order valence-corrected chi connectivity index (χ4v) is 11.2. The van der Waals surface area contributed by atoms with Crippen LogP contribution in [0.25, 0.3) is 0 Å². The topological polar surface area (TPSA) is 231 Å². The number of phosphoric ester groups is 2. The first-order chi connectivity index (χ1) is 44.2. The van der Waals surface area contributed by atoms with Crippen molar-refractivity contribution < 1.29 is 75.8 Å². The summed E-state index contributed by atoms with van der Waals surface area (Å²) in [5, 5.41) is 20.6. The molecule has 0 amide bonds. The van der Waals surface area contributed by atoms with Crippen LogP contribution in [0.5, 0.6) is 0 Å². The highest BCUT2D eigenvalue weighted by molar-refractivity contribution is 7.47. The molecule has 4 N–H and O–H groups in total. The molecule has 91 heavy (non-hydrogen) atoms. The molecule has 0 bridgehead atoms. The van der Waals surface area contributed by atoms with Crippen molar-refractivity contribution in [2.45, 2.75) is 322 Å². The third kappa shape index (κ3) is 67.9. The van der Waals surface area contributed by atoms with E-state index in [1.165, 1.54) is 109 Å². The van der Waals surface area contributed by atoms with Crippen LogP contribution in [-0.2, 0) is 55.8 Å². The van der Waals surface area contributed by atoms with E-state index in [9.17, 15) is 43.5 Å². The molecule has 0 aromatic heterocycles. The molecule has 0 saturated heterocycles. The van der Waals surface area contributed by atoms with E-state index in [0.29, 0.717) is 19.3 Å². The Hall–Kier alpha value is -3.27. The highest BCUT2D eigenvalue weighted by atomic mass is 31.2. The van der Waals surface area contributed by atoms with E-state index >= 15 is 0 Å². The summed E-state index contributed by atoms with van der Waals surface area (Å²) in [6.45, 7) is 2.50. The Morgan fingerprint density at radius 2 is 0.604 bits per heavy atom. The van der Waals surface area contributed by atoms with Crippen LogP contribution in [-0.4, -0.2) is 95.9 Å². The number of ether oxygens (including phenoxy) is 3. The smallest absolute Gasteiger partial charge is 0.463 e. The van der Waals surface area contributed by atoms with Gasteiger partial charge in [0.2, 0.25) is 0 Å². The van der Waals surface area contributed by atoms with Crippen molar-refractivity contribution in [3.05, 3.63) is 85.1 Å². The summed E-state index contributed by atoms with van der Waals surface area (Å²) in [5.41, 5.74) is 0. The third-order valence-corrected chi connectivity index (χ3v) is 17.0. The molecular formula is C73H130O16P2. The number of phosphoric acid groups is 2. The fourth-order valence-electron chi connectivity index (χ4n) is 9.64. The lowest BCUT2D eigenvalue weighted by atomic mass is 10.0. The normalized spacial score (nSPS) is 14.7. The van der Waals surface area contributed by atoms with Crippen LogP contribution in [0.4, 0.5) is 0 Å². The van der Waals surface area contributed by atoms with Crippen LogP contribution < -0.4 is 0 Å². The van der Waals surface area contributed by atoms with Crippen LogP contribution in [0, 0.1) is 0 Å². The second kappa shape index (κ2) is 66.7. The van der Waals surface area contributed by atoms with Crippen LogP contribution in [0.1, 0.15) is 303 Å². The zero-order valence-corrected chi connectivity index (χ0v) is 59.0. The lowest BCUT2D eigenvalue weighted by molar-refractivity contribution is -0.161. The SMILES string of the molecule is CC/C=C\C/C=C\C/C=C\C/C=C\C/C=C\CCCCCCCCCCCCCCCC(=O)OCC(O)COP(=O)(O)OCC(O)COP(=O)(O)OCC(COC(=O)CCCCCCC/C=C\C/C=C\CCC)OC(=O)CCCCCCCCCCCCCCC. The predicted octanol–water partition coefficient (Wildman–Crippen LogP) is 20.1. The Morgan fingerprint density at radius 1 is 0.319 bits per heavy atom. The average Bonchev–Trinajstić information content (AvgIpc) is 3.56. The molecule has 0 aromatic rings. The van der Waals surface area contributed by atoms with E-state index in [-0.39, 0.29) is 19.3 Å². The molecule has 0 radical (unpaired) electrons. The summed E-state index contributed by atoms with van der Waals surface area (Å²) in [6.07, 6.45) is 72.2. The van der Waals surface area contributed by atoms with Crippen LogP contribution in [0.2, 0.25) is 0 Å². The van der Waals surface area contributed by atoms with E-state index in [1.807, 2.05) is 0 Å². The van der Waals surface area contributed by atoms with Gasteiger partial charge in [-0.2, -0.15) is 0 Å². The van der Waals surface area contributed by atoms with Gasteiger partial charge in [-0.25, -0.2) is 9.13 Å². The molecule has 5 unspecified atom stereocenters. The van der Waals surface area contributed by atoms with Gasteiger partial charge in [-0.15, -0.1) is 0 Å². The monoisotopic (exact) mass is 1320 g/mol. The summed E-state index contributed by atoms with van der Waals surface area (Å²) in [6, 6.07) is 0. The van der Waals surface area contributed by atoms with E-state index in [1.54, 1.807) is 0 Å². The number of allylic oxidation sites excluding steroid dienone is 14. The second-order valence-corrected chi connectivity index (χ2v) is 26.9.